The van der Waals surface area contributed by atoms with Crippen molar-refractivity contribution in [3.63, 3.8) is 0 Å². The van der Waals surface area contributed by atoms with E-state index in [1.54, 1.807) is 6.08 Å². The van der Waals surface area contributed by atoms with Crippen molar-refractivity contribution in [1.82, 2.24) is 5.32 Å². The molecular formula is C23H29N3O. The lowest BCUT2D eigenvalue weighted by Gasteiger charge is -2.40. The summed E-state index contributed by atoms with van der Waals surface area (Å²) in [6.07, 6.45) is 9.51. The SMILES string of the molecule is CC1=CC(C)(C)N(C)c2ccc(/C=C(/C#N)C(=O)NC3CCCCC3)cc21. The van der Waals surface area contributed by atoms with Crippen molar-refractivity contribution in [2.45, 2.75) is 64.5 Å². The molecule has 0 saturated heterocycles. The highest BCUT2D eigenvalue weighted by Gasteiger charge is 2.28. The van der Waals surface area contributed by atoms with Crippen LogP contribution in [0.1, 0.15) is 64.0 Å². The molecule has 1 aromatic rings. The first kappa shape index (κ1) is 19.2. The molecule has 4 nitrogen and oxygen atoms in total. The number of amides is 1. The fourth-order valence-corrected chi connectivity index (χ4v) is 4.09. The number of fused-ring (bicyclic) bond motifs is 1. The van der Waals surface area contributed by atoms with E-state index in [2.05, 4.69) is 62.3 Å². The Bertz CT molecular complexity index is 836. The van der Waals surface area contributed by atoms with Gasteiger partial charge in [0, 0.05) is 24.3 Å². The molecule has 0 spiro atoms. The predicted molar refractivity (Wildman–Crippen MR) is 111 cm³/mol. The Hall–Kier alpha value is -2.54. The molecule has 0 atom stereocenters. The van der Waals surface area contributed by atoms with E-state index in [1.165, 1.54) is 17.7 Å². The standard InChI is InChI=1S/C23H29N3O/c1-16-14-23(2,3)26(4)21-11-10-17(13-20(16)21)12-18(15-24)22(27)25-19-8-6-5-7-9-19/h10-14,19H,5-9H2,1-4H3,(H,25,27)/b18-12-. The second-order valence-electron chi connectivity index (χ2n) is 8.29. The minimum atomic E-state index is -0.257. The van der Waals surface area contributed by atoms with Crippen molar-refractivity contribution in [3.8, 4) is 6.07 Å². The third-order valence-electron chi connectivity index (χ3n) is 5.86. The number of nitrogens with zero attached hydrogens (tertiary/aromatic N) is 2. The van der Waals surface area contributed by atoms with Crippen LogP contribution in [-0.4, -0.2) is 24.5 Å². The van der Waals surface area contributed by atoms with Gasteiger partial charge in [0.1, 0.15) is 11.6 Å². The van der Waals surface area contributed by atoms with E-state index in [-0.39, 0.29) is 23.1 Å². The normalized spacial score (nSPS) is 19.7. The van der Waals surface area contributed by atoms with Gasteiger partial charge in [-0.2, -0.15) is 5.26 Å². The van der Waals surface area contributed by atoms with Crippen LogP contribution >= 0.6 is 0 Å². The Balaban J connectivity index is 1.84. The van der Waals surface area contributed by atoms with Crippen molar-refractivity contribution in [2.75, 3.05) is 11.9 Å². The number of carbonyl (C=O) groups is 1. The topological polar surface area (TPSA) is 56.1 Å². The Labute approximate surface area is 162 Å². The molecule has 0 unspecified atom stereocenters. The van der Waals surface area contributed by atoms with E-state index in [9.17, 15) is 10.1 Å². The second-order valence-corrected chi connectivity index (χ2v) is 8.29. The number of allylic oxidation sites excluding steroid dienone is 1. The lowest BCUT2D eigenvalue weighted by atomic mass is 9.88. The van der Waals surface area contributed by atoms with Crippen LogP contribution in [0.4, 0.5) is 5.69 Å². The molecule has 1 saturated carbocycles. The molecule has 4 heteroatoms. The summed E-state index contributed by atoms with van der Waals surface area (Å²) < 4.78 is 0. The summed E-state index contributed by atoms with van der Waals surface area (Å²) in [6, 6.07) is 8.40. The molecule has 1 amide bonds. The quantitative estimate of drug-likeness (QED) is 0.627. The van der Waals surface area contributed by atoms with Gasteiger partial charge in [0.2, 0.25) is 0 Å². The number of hydrogen-bond acceptors (Lipinski definition) is 3. The van der Waals surface area contributed by atoms with E-state index >= 15 is 0 Å². The maximum absolute atomic E-state index is 12.5. The molecule has 1 fully saturated rings. The van der Waals surface area contributed by atoms with Gasteiger partial charge in [-0.15, -0.1) is 0 Å². The molecule has 0 aromatic heterocycles. The molecule has 2 aliphatic rings. The number of nitriles is 1. The van der Waals surface area contributed by atoms with Crippen molar-refractivity contribution in [1.29, 1.82) is 5.26 Å². The number of hydrogen-bond donors (Lipinski definition) is 1. The molecule has 0 bridgehead atoms. The van der Waals surface area contributed by atoms with E-state index in [4.69, 9.17) is 0 Å². The number of rotatable bonds is 3. The molecular weight excluding hydrogens is 334 g/mol. The Morgan fingerprint density at radius 2 is 2.00 bits per heavy atom. The summed E-state index contributed by atoms with van der Waals surface area (Å²) >= 11 is 0. The third-order valence-corrected chi connectivity index (χ3v) is 5.86. The van der Waals surface area contributed by atoms with Crippen LogP contribution < -0.4 is 10.2 Å². The van der Waals surface area contributed by atoms with Gasteiger partial charge in [-0.25, -0.2) is 0 Å². The second kappa shape index (κ2) is 7.60. The number of nitrogens with one attached hydrogen (secondary N) is 1. The smallest absolute Gasteiger partial charge is 0.262 e. The van der Waals surface area contributed by atoms with Gasteiger partial charge in [-0.3, -0.25) is 4.79 Å². The summed E-state index contributed by atoms with van der Waals surface area (Å²) in [4.78, 5) is 14.8. The molecule has 0 radical (unpaired) electrons. The monoisotopic (exact) mass is 363 g/mol. The van der Waals surface area contributed by atoms with E-state index in [1.807, 2.05) is 6.07 Å². The highest BCUT2D eigenvalue weighted by molar-refractivity contribution is 6.02. The Morgan fingerprint density at radius 3 is 2.67 bits per heavy atom. The first-order valence-corrected chi connectivity index (χ1v) is 9.82. The highest BCUT2D eigenvalue weighted by Crippen LogP contribution is 2.38. The van der Waals surface area contributed by atoms with Crippen molar-refractivity contribution < 1.29 is 4.79 Å². The van der Waals surface area contributed by atoms with Crippen LogP contribution in [-0.2, 0) is 4.79 Å². The predicted octanol–water partition coefficient (Wildman–Crippen LogP) is 4.67. The summed E-state index contributed by atoms with van der Waals surface area (Å²) in [5.41, 5.74) is 4.55. The molecule has 142 valence electrons. The molecule has 1 aromatic carbocycles. The molecule has 27 heavy (non-hydrogen) atoms. The Kier molecular flexibility index (Phi) is 5.41. The van der Waals surface area contributed by atoms with Crippen LogP contribution in [0.25, 0.3) is 11.6 Å². The van der Waals surface area contributed by atoms with Gasteiger partial charge in [-0.05, 0) is 63.0 Å². The highest BCUT2D eigenvalue weighted by atomic mass is 16.1. The lowest BCUT2D eigenvalue weighted by Crippen LogP contribution is -2.42. The van der Waals surface area contributed by atoms with Gasteiger partial charge in [0.05, 0.1) is 5.54 Å². The third kappa shape index (κ3) is 4.08. The van der Waals surface area contributed by atoms with Crippen LogP contribution in [0.5, 0.6) is 0 Å². The maximum atomic E-state index is 12.5. The fourth-order valence-electron chi connectivity index (χ4n) is 4.09. The van der Waals surface area contributed by atoms with Gasteiger partial charge in [0.25, 0.3) is 5.91 Å². The van der Waals surface area contributed by atoms with Gasteiger partial charge < -0.3 is 10.2 Å². The molecule has 1 aliphatic carbocycles. The summed E-state index contributed by atoms with van der Waals surface area (Å²) in [7, 11) is 2.09. The number of benzene rings is 1. The minimum Gasteiger partial charge on any atom is -0.366 e. The first-order valence-electron chi connectivity index (χ1n) is 9.82. The number of carbonyl (C=O) groups excluding carboxylic acids is 1. The van der Waals surface area contributed by atoms with Crippen LogP contribution in [0.2, 0.25) is 0 Å². The van der Waals surface area contributed by atoms with E-state index < -0.39 is 0 Å². The van der Waals surface area contributed by atoms with Crippen molar-refractivity contribution in [2.24, 2.45) is 0 Å². The van der Waals surface area contributed by atoms with Crippen LogP contribution in [0, 0.1) is 11.3 Å². The van der Waals surface area contributed by atoms with Gasteiger partial charge >= 0.3 is 0 Å². The van der Waals surface area contributed by atoms with E-state index in [0.717, 1.165) is 36.8 Å². The molecule has 3 rings (SSSR count). The fraction of sp³-hybridized carbons (Fsp3) is 0.478. The van der Waals surface area contributed by atoms with Gasteiger partial charge in [-0.1, -0.05) is 31.4 Å². The number of anilines is 1. The maximum Gasteiger partial charge on any atom is 0.262 e. The average Bonchev–Trinajstić information content (AvgIpc) is 2.64. The zero-order valence-corrected chi connectivity index (χ0v) is 16.8. The first-order chi connectivity index (χ1) is 12.8. The molecule has 1 aliphatic heterocycles. The van der Waals surface area contributed by atoms with Crippen LogP contribution in [0.3, 0.4) is 0 Å². The molecule has 1 heterocycles. The van der Waals surface area contributed by atoms with Crippen molar-refractivity contribution in [3.05, 3.63) is 41.0 Å². The largest absolute Gasteiger partial charge is 0.366 e. The Morgan fingerprint density at radius 1 is 1.30 bits per heavy atom. The summed E-state index contributed by atoms with van der Waals surface area (Å²) in [5, 5.41) is 12.5. The number of likely N-dealkylation sites (N-methyl/N-ethyl adjacent to an activating group) is 1. The van der Waals surface area contributed by atoms with Crippen molar-refractivity contribution >= 4 is 23.2 Å². The average molecular weight is 364 g/mol. The van der Waals surface area contributed by atoms with Crippen LogP contribution in [0.15, 0.2) is 29.8 Å². The molecule has 1 N–H and O–H groups in total. The van der Waals surface area contributed by atoms with Gasteiger partial charge in [0.15, 0.2) is 0 Å². The summed E-state index contributed by atoms with van der Waals surface area (Å²) in [6.45, 7) is 6.50. The zero-order valence-electron chi connectivity index (χ0n) is 16.8. The minimum absolute atomic E-state index is 0.0356. The zero-order chi connectivity index (χ0) is 19.6. The summed E-state index contributed by atoms with van der Waals surface area (Å²) in [5.74, 6) is -0.257. The van der Waals surface area contributed by atoms with E-state index in [0.29, 0.717) is 0 Å². The lowest BCUT2D eigenvalue weighted by molar-refractivity contribution is -0.117.